The maximum absolute atomic E-state index is 9.22. The van der Waals surface area contributed by atoms with E-state index < -0.39 is 0 Å². The summed E-state index contributed by atoms with van der Waals surface area (Å²) in [6, 6.07) is 5.26. The molecule has 0 heterocycles. The monoisotopic (exact) mass is 225 g/mol. The van der Waals surface area contributed by atoms with Crippen LogP contribution in [0.2, 0.25) is 5.02 Å². The highest BCUT2D eigenvalue weighted by atomic mass is 35.5. The largest absolute Gasteiger partial charge is 0.506 e. The number of benzene rings is 1. The van der Waals surface area contributed by atoms with Gasteiger partial charge < -0.3 is 10.4 Å². The molecule has 1 aromatic carbocycles. The zero-order chi connectivity index (χ0) is 11.1. The van der Waals surface area contributed by atoms with Crippen LogP contribution in [0.25, 0.3) is 0 Å². The Labute approximate surface area is 95.6 Å². The molecule has 0 fully saturated rings. The second-order valence-electron chi connectivity index (χ2n) is 3.32. The molecule has 82 valence electrons. The van der Waals surface area contributed by atoms with Gasteiger partial charge in [0.2, 0.25) is 0 Å². The zero-order valence-electron chi connectivity index (χ0n) is 8.83. The third-order valence-corrected chi connectivity index (χ3v) is 2.37. The third kappa shape index (κ3) is 4.36. The highest BCUT2D eigenvalue weighted by Gasteiger charge is 1.98. The summed E-state index contributed by atoms with van der Waals surface area (Å²) in [5.41, 5.74) is 1.08. The average Bonchev–Trinajstić information content (AvgIpc) is 2.23. The molecule has 0 aliphatic carbocycles. The van der Waals surface area contributed by atoms with Crippen LogP contribution in [0.1, 0.15) is 18.9 Å². The summed E-state index contributed by atoms with van der Waals surface area (Å²) < 4.78 is 0. The van der Waals surface area contributed by atoms with Crippen LogP contribution in [0.15, 0.2) is 30.4 Å². The average molecular weight is 226 g/mol. The second kappa shape index (κ2) is 6.49. The molecule has 0 unspecified atom stereocenters. The van der Waals surface area contributed by atoms with E-state index in [1.165, 1.54) is 0 Å². The Bertz CT molecular complexity index is 336. The molecule has 0 aliphatic heterocycles. The van der Waals surface area contributed by atoms with Crippen LogP contribution in [-0.4, -0.2) is 11.7 Å². The van der Waals surface area contributed by atoms with Crippen LogP contribution < -0.4 is 5.32 Å². The van der Waals surface area contributed by atoms with Crippen LogP contribution in [0.4, 0.5) is 0 Å². The Hall–Kier alpha value is -0.990. The van der Waals surface area contributed by atoms with Crippen molar-refractivity contribution >= 4 is 11.6 Å². The molecule has 2 nitrogen and oxygen atoms in total. The maximum atomic E-state index is 9.22. The predicted octanol–water partition coefficient (Wildman–Crippen LogP) is 3.10. The highest BCUT2D eigenvalue weighted by molar-refractivity contribution is 6.32. The Morgan fingerprint density at radius 3 is 2.93 bits per heavy atom. The van der Waals surface area contributed by atoms with Crippen molar-refractivity contribution in [2.24, 2.45) is 0 Å². The van der Waals surface area contributed by atoms with E-state index in [1.807, 2.05) is 19.1 Å². The number of rotatable bonds is 5. The van der Waals surface area contributed by atoms with Crippen LogP contribution >= 0.6 is 11.6 Å². The summed E-state index contributed by atoms with van der Waals surface area (Å²) in [6.07, 6.45) is 5.19. The molecule has 0 saturated carbocycles. The normalized spacial score (nSPS) is 11.1. The van der Waals surface area contributed by atoms with Crippen molar-refractivity contribution in [1.29, 1.82) is 0 Å². The summed E-state index contributed by atoms with van der Waals surface area (Å²) in [5.74, 6) is 0.134. The van der Waals surface area contributed by atoms with Crippen LogP contribution in [0.5, 0.6) is 5.75 Å². The summed E-state index contributed by atoms with van der Waals surface area (Å²) in [4.78, 5) is 0. The van der Waals surface area contributed by atoms with Gasteiger partial charge in [0.25, 0.3) is 0 Å². The Kier molecular flexibility index (Phi) is 5.22. The first-order valence-electron chi connectivity index (χ1n) is 5.03. The number of nitrogens with one attached hydrogen (secondary N) is 1. The van der Waals surface area contributed by atoms with E-state index >= 15 is 0 Å². The summed E-state index contributed by atoms with van der Waals surface area (Å²) in [6.45, 7) is 3.74. The molecule has 0 atom stereocenters. The molecule has 1 aromatic rings. The Morgan fingerprint density at radius 2 is 2.27 bits per heavy atom. The van der Waals surface area contributed by atoms with Crippen molar-refractivity contribution in [3.8, 4) is 5.75 Å². The lowest BCUT2D eigenvalue weighted by molar-refractivity contribution is 0.475. The van der Waals surface area contributed by atoms with Crippen molar-refractivity contribution in [2.45, 2.75) is 19.9 Å². The lowest BCUT2D eigenvalue weighted by Gasteiger charge is -2.04. The minimum Gasteiger partial charge on any atom is -0.506 e. The second-order valence-corrected chi connectivity index (χ2v) is 3.73. The lowest BCUT2D eigenvalue weighted by atomic mass is 10.2. The molecule has 0 aromatic heterocycles. The molecule has 1 rings (SSSR count). The Balaban J connectivity index is 2.34. The molecule has 15 heavy (non-hydrogen) atoms. The molecule has 0 amide bonds. The van der Waals surface area contributed by atoms with Gasteiger partial charge in [0.1, 0.15) is 5.75 Å². The summed E-state index contributed by atoms with van der Waals surface area (Å²) in [5, 5.41) is 12.9. The fourth-order valence-corrected chi connectivity index (χ4v) is 1.45. The molecule has 3 heteroatoms. The number of hydrogen-bond acceptors (Lipinski definition) is 2. The fourth-order valence-electron chi connectivity index (χ4n) is 1.25. The molecule has 0 radical (unpaired) electrons. The number of phenolic OH excluding ortho intramolecular Hbond substituents is 1. The van der Waals surface area contributed by atoms with Crippen LogP contribution in [0, 0.1) is 0 Å². The Morgan fingerprint density at radius 1 is 1.47 bits per heavy atom. The van der Waals surface area contributed by atoms with Gasteiger partial charge in [0.05, 0.1) is 5.02 Å². The van der Waals surface area contributed by atoms with E-state index in [4.69, 9.17) is 11.6 Å². The molecule has 0 aliphatic rings. The van der Waals surface area contributed by atoms with Crippen molar-refractivity contribution in [2.75, 3.05) is 6.54 Å². The molecular formula is C12H16ClNO. The van der Waals surface area contributed by atoms with Gasteiger partial charge in [-0.15, -0.1) is 0 Å². The van der Waals surface area contributed by atoms with E-state index in [0.717, 1.165) is 25.1 Å². The number of halogens is 1. The van der Waals surface area contributed by atoms with E-state index in [-0.39, 0.29) is 5.75 Å². The van der Waals surface area contributed by atoms with Gasteiger partial charge in [0.15, 0.2) is 0 Å². The van der Waals surface area contributed by atoms with Gasteiger partial charge in [0, 0.05) is 6.54 Å². The van der Waals surface area contributed by atoms with Crippen LogP contribution in [0.3, 0.4) is 0 Å². The molecule has 2 N–H and O–H groups in total. The van der Waals surface area contributed by atoms with Crippen molar-refractivity contribution in [3.63, 3.8) is 0 Å². The quantitative estimate of drug-likeness (QED) is 0.596. The van der Waals surface area contributed by atoms with Gasteiger partial charge in [-0.05, 0) is 37.6 Å². The van der Waals surface area contributed by atoms with Crippen molar-refractivity contribution in [3.05, 3.63) is 40.9 Å². The van der Waals surface area contributed by atoms with Gasteiger partial charge in [-0.2, -0.15) is 0 Å². The third-order valence-electron chi connectivity index (χ3n) is 2.06. The SMILES string of the molecule is C/C=C/CCNCc1ccc(O)c(Cl)c1. The topological polar surface area (TPSA) is 32.3 Å². The number of allylic oxidation sites excluding steroid dienone is 1. The van der Waals surface area contributed by atoms with Crippen molar-refractivity contribution < 1.29 is 5.11 Å². The maximum Gasteiger partial charge on any atom is 0.134 e. The highest BCUT2D eigenvalue weighted by Crippen LogP contribution is 2.23. The zero-order valence-corrected chi connectivity index (χ0v) is 9.59. The van der Waals surface area contributed by atoms with Gasteiger partial charge >= 0.3 is 0 Å². The van der Waals surface area contributed by atoms with Gasteiger partial charge in [-0.1, -0.05) is 29.8 Å². The van der Waals surface area contributed by atoms with E-state index in [9.17, 15) is 5.11 Å². The van der Waals surface area contributed by atoms with E-state index in [0.29, 0.717) is 5.02 Å². The summed E-state index contributed by atoms with van der Waals surface area (Å²) >= 11 is 5.79. The minimum absolute atomic E-state index is 0.134. The lowest BCUT2D eigenvalue weighted by Crippen LogP contribution is -2.13. The van der Waals surface area contributed by atoms with Crippen LogP contribution in [-0.2, 0) is 6.54 Å². The first-order valence-corrected chi connectivity index (χ1v) is 5.41. The molecule has 0 saturated heterocycles. The minimum atomic E-state index is 0.134. The number of phenols is 1. The first-order chi connectivity index (χ1) is 7.24. The summed E-state index contributed by atoms with van der Waals surface area (Å²) in [7, 11) is 0. The molecular weight excluding hydrogens is 210 g/mol. The fraction of sp³-hybridized carbons (Fsp3) is 0.333. The van der Waals surface area contributed by atoms with E-state index in [1.54, 1.807) is 12.1 Å². The van der Waals surface area contributed by atoms with Gasteiger partial charge in [-0.25, -0.2) is 0 Å². The number of hydrogen-bond donors (Lipinski definition) is 2. The standard InChI is InChI=1S/C12H16ClNO/c1-2-3-4-7-14-9-10-5-6-12(15)11(13)8-10/h2-3,5-6,8,14-15H,4,7,9H2,1H3/b3-2+. The predicted molar refractivity (Wildman–Crippen MR) is 64.3 cm³/mol. The first kappa shape index (κ1) is 12.1. The van der Waals surface area contributed by atoms with Gasteiger partial charge in [-0.3, -0.25) is 0 Å². The smallest absolute Gasteiger partial charge is 0.134 e. The van der Waals surface area contributed by atoms with Crippen molar-refractivity contribution in [1.82, 2.24) is 5.32 Å². The van der Waals surface area contributed by atoms with E-state index in [2.05, 4.69) is 11.4 Å². The number of aromatic hydroxyl groups is 1. The molecule has 0 spiro atoms. The molecule has 0 bridgehead atoms.